The number of aryl methyl sites for hydroxylation is 2. The highest BCUT2D eigenvalue weighted by Gasteiger charge is 2.36. The maximum Gasteiger partial charge on any atom is 0.294 e. The average Bonchev–Trinajstić information content (AvgIpc) is 3.13. The maximum absolute atomic E-state index is 13.0. The van der Waals surface area contributed by atoms with Gasteiger partial charge in [0.2, 0.25) is 5.91 Å². The number of imide groups is 1. The predicted molar refractivity (Wildman–Crippen MR) is 158 cm³/mol. The molecule has 9 heteroatoms. The van der Waals surface area contributed by atoms with Crippen LogP contribution in [-0.2, 0) is 16.2 Å². The molecule has 0 aromatic heterocycles. The number of nitrogens with one attached hydrogen (secondary N) is 1. The van der Waals surface area contributed by atoms with Gasteiger partial charge in [-0.2, -0.15) is 0 Å². The van der Waals surface area contributed by atoms with E-state index in [1.165, 1.54) is 0 Å². The van der Waals surface area contributed by atoms with Gasteiger partial charge in [-0.25, -0.2) is 0 Å². The van der Waals surface area contributed by atoms with Crippen LogP contribution in [0.4, 0.5) is 10.5 Å². The summed E-state index contributed by atoms with van der Waals surface area (Å²) in [5.41, 5.74) is 4.36. The zero-order chi connectivity index (χ0) is 27.2. The molecule has 0 spiro atoms. The molecule has 0 atom stereocenters. The molecular formula is C29H27IN2O5S. The minimum atomic E-state index is -0.506. The van der Waals surface area contributed by atoms with Gasteiger partial charge in [-0.05, 0) is 96.1 Å². The van der Waals surface area contributed by atoms with E-state index >= 15 is 0 Å². The minimum absolute atomic E-state index is 0.241. The zero-order valence-electron chi connectivity index (χ0n) is 21.2. The molecule has 3 aromatic carbocycles. The van der Waals surface area contributed by atoms with E-state index in [1.807, 2.05) is 69.3 Å². The van der Waals surface area contributed by atoms with Crippen molar-refractivity contribution in [1.29, 1.82) is 0 Å². The van der Waals surface area contributed by atoms with Gasteiger partial charge in [-0.1, -0.05) is 48.0 Å². The van der Waals surface area contributed by atoms with Crippen LogP contribution < -0.4 is 14.8 Å². The van der Waals surface area contributed by atoms with E-state index in [0.717, 1.165) is 36.9 Å². The predicted octanol–water partition coefficient (Wildman–Crippen LogP) is 6.56. The number of nitrogens with zero attached hydrogens (tertiary/aromatic N) is 1. The van der Waals surface area contributed by atoms with Crippen LogP contribution in [-0.4, -0.2) is 35.1 Å². The molecule has 1 N–H and O–H groups in total. The molecule has 38 heavy (non-hydrogen) atoms. The molecule has 1 aliphatic heterocycles. The Kier molecular flexibility index (Phi) is 9.11. The summed E-state index contributed by atoms with van der Waals surface area (Å²) >= 11 is 2.98. The number of benzene rings is 3. The maximum atomic E-state index is 13.0. The summed E-state index contributed by atoms with van der Waals surface area (Å²) in [7, 11) is 0. The number of halogens is 1. The Bertz CT molecular complexity index is 1410. The van der Waals surface area contributed by atoms with Crippen LogP contribution in [0, 0.1) is 17.4 Å². The van der Waals surface area contributed by atoms with Crippen molar-refractivity contribution in [3.63, 3.8) is 0 Å². The van der Waals surface area contributed by atoms with Gasteiger partial charge in [0.1, 0.15) is 13.2 Å². The van der Waals surface area contributed by atoms with Gasteiger partial charge in [0.25, 0.3) is 11.1 Å². The number of anilines is 1. The number of hydrogen-bond acceptors (Lipinski definition) is 6. The molecule has 3 amide bonds. The summed E-state index contributed by atoms with van der Waals surface area (Å²) in [5.74, 6) is 0.222. The summed E-state index contributed by atoms with van der Waals surface area (Å²) in [5, 5.41) is 2.30. The first-order valence-electron chi connectivity index (χ1n) is 12.0. The molecule has 3 aromatic rings. The SMILES string of the molecule is CCOc1cc(/C=C2/SC(=O)N(CC(=O)Nc3ccc(C)cc3C)C2=O)cc(I)c1OCc1ccccc1. The van der Waals surface area contributed by atoms with Crippen LogP contribution in [0.5, 0.6) is 11.5 Å². The standard InChI is InChI=1S/C29H27IN2O5S/c1-4-36-24-14-21(13-22(30)27(24)37-17-20-8-6-5-7-9-20)15-25-28(34)32(29(35)38-25)16-26(33)31-23-11-10-18(2)12-19(23)3/h5-15H,4,16-17H2,1-3H3,(H,31,33)/b25-15+. The van der Waals surface area contributed by atoms with Crippen LogP contribution >= 0.6 is 34.4 Å². The normalized spacial score (nSPS) is 14.2. The molecule has 0 saturated carbocycles. The number of thioether (sulfide) groups is 1. The molecule has 196 valence electrons. The second-order valence-corrected chi connectivity index (χ2v) is 10.8. The van der Waals surface area contributed by atoms with Crippen molar-refractivity contribution < 1.29 is 23.9 Å². The van der Waals surface area contributed by atoms with Gasteiger partial charge in [0.15, 0.2) is 11.5 Å². The number of hydrogen-bond donors (Lipinski definition) is 1. The number of carbonyl (C=O) groups excluding carboxylic acids is 3. The molecule has 1 saturated heterocycles. The van der Waals surface area contributed by atoms with Crippen LogP contribution in [0.25, 0.3) is 6.08 Å². The van der Waals surface area contributed by atoms with E-state index in [0.29, 0.717) is 36.0 Å². The van der Waals surface area contributed by atoms with Gasteiger partial charge < -0.3 is 14.8 Å². The van der Waals surface area contributed by atoms with E-state index in [1.54, 1.807) is 18.2 Å². The van der Waals surface area contributed by atoms with Crippen molar-refractivity contribution in [2.45, 2.75) is 27.4 Å². The molecule has 0 radical (unpaired) electrons. The Morgan fingerprint density at radius 1 is 1.05 bits per heavy atom. The van der Waals surface area contributed by atoms with Gasteiger partial charge >= 0.3 is 0 Å². The zero-order valence-corrected chi connectivity index (χ0v) is 24.2. The topological polar surface area (TPSA) is 84.9 Å². The Hall–Kier alpha value is -3.31. The van der Waals surface area contributed by atoms with Crippen LogP contribution in [0.2, 0.25) is 0 Å². The minimum Gasteiger partial charge on any atom is -0.490 e. The van der Waals surface area contributed by atoms with Crippen molar-refractivity contribution >= 4 is 63.2 Å². The molecule has 1 heterocycles. The largest absolute Gasteiger partial charge is 0.490 e. The number of rotatable bonds is 9. The molecule has 1 aliphatic rings. The van der Waals surface area contributed by atoms with Crippen molar-refractivity contribution in [2.24, 2.45) is 0 Å². The van der Waals surface area contributed by atoms with E-state index < -0.39 is 17.1 Å². The quantitative estimate of drug-likeness (QED) is 0.210. The number of carbonyl (C=O) groups is 3. The van der Waals surface area contributed by atoms with Gasteiger partial charge in [0, 0.05) is 5.69 Å². The van der Waals surface area contributed by atoms with Gasteiger partial charge in [-0.3, -0.25) is 19.3 Å². The monoisotopic (exact) mass is 642 g/mol. The van der Waals surface area contributed by atoms with E-state index in [9.17, 15) is 14.4 Å². The molecule has 4 rings (SSSR count). The Morgan fingerprint density at radius 2 is 1.82 bits per heavy atom. The fourth-order valence-corrected chi connectivity index (χ4v) is 5.50. The highest BCUT2D eigenvalue weighted by molar-refractivity contribution is 14.1. The van der Waals surface area contributed by atoms with Crippen molar-refractivity contribution in [3.05, 3.63) is 91.4 Å². The van der Waals surface area contributed by atoms with Crippen LogP contribution in [0.3, 0.4) is 0 Å². The molecule has 1 fully saturated rings. The summed E-state index contributed by atoms with van der Waals surface area (Å²) < 4.78 is 12.7. The lowest BCUT2D eigenvalue weighted by Crippen LogP contribution is -2.36. The third-order valence-electron chi connectivity index (χ3n) is 5.69. The van der Waals surface area contributed by atoms with E-state index in [-0.39, 0.29) is 11.4 Å². The van der Waals surface area contributed by atoms with Gasteiger partial charge in [0.05, 0.1) is 15.1 Å². The lowest BCUT2D eigenvalue weighted by molar-refractivity contribution is -0.127. The number of amides is 3. The first-order chi connectivity index (χ1) is 18.2. The smallest absolute Gasteiger partial charge is 0.294 e. The molecular weight excluding hydrogens is 615 g/mol. The summed E-state index contributed by atoms with van der Waals surface area (Å²) in [6.45, 7) is 6.21. The Labute approximate surface area is 239 Å². The van der Waals surface area contributed by atoms with E-state index in [4.69, 9.17) is 9.47 Å². The summed E-state index contributed by atoms with van der Waals surface area (Å²) in [6.07, 6.45) is 1.64. The third kappa shape index (κ3) is 6.76. The van der Waals surface area contributed by atoms with Crippen LogP contribution in [0.15, 0.2) is 65.6 Å². The highest BCUT2D eigenvalue weighted by Crippen LogP contribution is 2.38. The highest BCUT2D eigenvalue weighted by atomic mass is 127. The molecule has 0 unspecified atom stereocenters. The lowest BCUT2D eigenvalue weighted by atomic mass is 10.1. The third-order valence-corrected chi connectivity index (χ3v) is 7.40. The lowest BCUT2D eigenvalue weighted by Gasteiger charge is -2.15. The van der Waals surface area contributed by atoms with Crippen molar-refractivity contribution in [1.82, 2.24) is 4.90 Å². The molecule has 0 aliphatic carbocycles. The summed E-state index contributed by atoms with van der Waals surface area (Å²) in [6, 6.07) is 19.1. The first kappa shape index (κ1) is 27.7. The second-order valence-electron chi connectivity index (χ2n) is 8.67. The summed E-state index contributed by atoms with van der Waals surface area (Å²) in [4.78, 5) is 39.4. The van der Waals surface area contributed by atoms with Crippen LogP contribution in [0.1, 0.15) is 29.2 Å². The average molecular weight is 643 g/mol. The Balaban J connectivity index is 1.49. The fraction of sp³-hybridized carbons (Fsp3) is 0.207. The molecule has 7 nitrogen and oxygen atoms in total. The van der Waals surface area contributed by atoms with Gasteiger partial charge in [-0.15, -0.1) is 0 Å². The van der Waals surface area contributed by atoms with E-state index in [2.05, 4.69) is 27.9 Å². The van der Waals surface area contributed by atoms with Crippen molar-refractivity contribution in [2.75, 3.05) is 18.5 Å². The second kappa shape index (κ2) is 12.5. The first-order valence-corrected chi connectivity index (χ1v) is 13.9. The van der Waals surface area contributed by atoms with Crippen molar-refractivity contribution in [3.8, 4) is 11.5 Å². The molecule has 0 bridgehead atoms. The number of ether oxygens (including phenoxy) is 2. The Morgan fingerprint density at radius 3 is 2.53 bits per heavy atom. The fourth-order valence-electron chi connectivity index (χ4n) is 3.88.